The van der Waals surface area contributed by atoms with Crippen molar-refractivity contribution < 1.29 is 9.15 Å². The summed E-state index contributed by atoms with van der Waals surface area (Å²) in [6, 6.07) is 2.02. The standard InChI is InChI=1S/C12H19NO2/c1-9-6-11(15-12(9)7-13)8-14-10-4-2-3-5-10/h6,10H,2-5,7-8,13H2,1H3. The molecular weight excluding hydrogens is 190 g/mol. The molecule has 0 atom stereocenters. The van der Waals surface area contributed by atoms with Crippen molar-refractivity contribution in [3.05, 3.63) is 23.2 Å². The first-order chi connectivity index (χ1) is 7.29. The van der Waals surface area contributed by atoms with Crippen molar-refractivity contribution in [2.75, 3.05) is 0 Å². The lowest BCUT2D eigenvalue weighted by atomic mass is 10.2. The van der Waals surface area contributed by atoms with Crippen LogP contribution in [0.15, 0.2) is 10.5 Å². The van der Waals surface area contributed by atoms with E-state index in [1.54, 1.807) is 0 Å². The Kier molecular flexibility index (Phi) is 3.44. The third-order valence-electron chi connectivity index (χ3n) is 3.02. The van der Waals surface area contributed by atoms with Gasteiger partial charge in [0.15, 0.2) is 0 Å². The molecule has 2 N–H and O–H groups in total. The van der Waals surface area contributed by atoms with Gasteiger partial charge in [-0.05, 0) is 31.4 Å². The van der Waals surface area contributed by atoms with Crippen molar-refractivity contribution in [2.45, 2.75) is 51.9 Å². The Morgan fingerprint density at radius 1 is 1.47 bits per heavy atom. The molecule has 84 valence electrons. The zero-order chi connectivity index (χ0) is 10.7. The van der Waals surface area contributed by atoms with E-state index in [2.05, 4.69) is 0 Å². The van der Waals surface area contributed by atoms with Gasteiger partial charge in [0.1, 0.15) is 18.1 Å². The maximum absolute atomic E-state index is 5.77. The predicted molar refractivity (Wildman–Crippen MR) is 58.4 cm³/mol. The maximum Gasteiger partial charge on any atom is 0.130 e. The SMILES string of the molecule is Cc1cc(COC2CCCC2)oc1CN. The molecule has 1 heterocycles. The third-order valence-corrected chi connectivity index (χ3v) is 3.02. The predicted octanol–water partition coefficient (Wildman–Crippen LogP) is 2.51. The Bertz CT molecular complexity index is 313. The molecular formula is C12H19NO2. The summed E-state index contributed by atoms with van der Waals surface area (Å²) in [6.45, 7) is 3.07. The van der Waals surface area contributed by atoms with Gasteiger partial charge in [-0.15, -0.1) is 0 Å². The quantitative estimate of drug-likeness (QED) is 0.828. The van der Waals surface area contributed by atoms with Gasteiger partial charge in [-0.3, -0.25) is 0 Å². The number of hydrogen-bond acceptors (Lipinski definition) is 3. The van der Waals surface area contributed by atoms with E-state index in [0.29, 0.717) is 19.3 Å². The fourth-order valence-corrected chi connectivity index (χ4v) is 2.12. The van der Waals surface area contributed by atoms with Gasteiger partial charge in [-0.25, -0.2) is 0 Å². The van der Waals surface area contributed by atoms with E-state index < -0.39 is 0 Å². The van der Waals surface area contributed by atoms with Crippen LogP contribution in [0.5, 0.6) is 0 Å². The van der Waals surface area contributed by atoms with E-state index in [1.165, 1.54) is 25.7 Å². The molecule has 1 fully saturated rings. The lowest BCUT2D eigenvalue weighted by molar-refractivity contribution is 0.0353. The first-order valence-corrected chi connectivity index (χ1v) is 5.69. The minimum atomic E-state index is 0.441. The summed E-state index contributed by atoms with van der Waals surface area (Å²) in [5, 5.41) is 0. The molecule has 2 rings (SSSR count). The molecule has 15 heavy (non-hydrogen) atoms. The van der Waals surface area contributed by atoms with Crippen LogP contribution in [0.4, 0.5) is 0 Å². The van der Waals surface area contributed by atoms with Crippen LogP contribution in [-0.4, -0.2) is 6.10 Å². The lowest BCUT2D eigenvalue weighted by Gasteiger charge is -2.08. The Hall–Kier alpha value is -0.800. The average molecular weight is 209 g/mol. The summed E-state index contributed by atoms with van der Waals surface area (Å²) in [7, 11) is 0. The number of aryl methyl sites for hydroxylation is 1. The summed E-state index contributed by atoms with van der Waals surface area (Å²) in [5.41, 5.74) is 6.68. The molecule has 3 heteroatoms. The van der Waals surface area contributed by atoms with Crippen molar-refractivity contribution >= 4 is 0 Å². The van der Waals surface area contributed by atoms with Gasteiger partial charge in [0, 0.05) is 0 Å². The van der Waals surface area contributed by atoms with Crippen molar-refractivity contribution in [3.8, 4) is 0 Å². The summed E-state index contributed by atoms with van der Waals surface area (Å²) in [5.74, 6) is 1.78. The highest BCUT2D eigenvalue weighted by atomic mass is 16.5. The first kappa shape index (κ1) is 10.7. The molecule has 0 unspecified atom stereocenters. The van der Waals surface area contributed by atoms with Crippen LogP contribution in [0.2, 0.25) is 0 Å². The van der Waals surface area contributed by atoms with E-state index in [-0.39, 0.29) is 0 Å². The molecule has 0 spiro atoms. The van der Waals surface area contributed by atoms with Gasteiger partial charge in [-0.2, -0.15) is 0 Å². The second kappa shape index (κ2) is 4.81. The van der Waals surface area contributed by atoms with Crippen molar-refractivity contribution in [2.24, 2.45) is 5.73 Å². The topological polar surface area (TPSA) is 48.4 Å². The highest BCUT2D eigenvalue weighted by Crippen LogP contribution is 2.23. The Balaban J connectivity index is 1.87. The molecule has 1 aromatic heterocycles. The second-order valence-corrected chi connectivity index (χ2v) is 4.24. The molecule has 0 amide bonds. The van der Waals surface area contributed by atoms with Gasteiger partial charge in [-0.1, -0.05) is 12.8 Å². The molecule has 0 aliphatic heterocycles. The van der Waals surface area contributed by atoms with Crippen LogP contribution in [0.25, 0.3) is 0 Å². The molecule has 1 aliphatic rings. The van der Waals surface area contributed by atoms with Gasteiger partial charge >= 0.3 is 0 Å². The molecule has 0 saturated heterocycles. The van der Waals surface area contributed by atoms with Crippen LogP contribution in [0.1, 0.15) is 42.8 Å². The fourth-order valence-electron chi connectivity index (χ4n) is 2.12. The monoisotopic (exact) mass is 209 g/mol. The maximum atomic E-state index is 5.77. The molecule has 1 aromatic rings. The van der Waals surface area contributed by atoms with Gasteiger partial charge < -0.3 is 14.9 Å². The first-order valence-electron chi connectivity index (χ1n) is 5.69. The van der Waals surface area contributed by atoms with Gasteiger partial charge in [0.05, 0.1) is 12.6 Å². The summed E-state index contributed by atoms with van der Waals surface area (Å²) in [4.78, 5) is 0. The van der Waals surface area contributed by atoms with Crippen LogP contribution < -0.4 is 5.73 Å². The fraction of sp³-hybridized carbons (Fsp3) is 0.667. The van der Waals surface area contributed by atoms with E-state index in [9.17, 15) is 0 Å². The normalized spacial score (nSPS) is 17.5. The van der Waals surface area contributed by atoms with Crippen molar-refractivity contribution in [1.29, 1.82) is 0 Å². The van der Waals surface area contributed by atoms with Gasteiger partial charge in [0.25, 0.3) is 0 Å². The van der Waals surface area contributed by atoms with E-state index >= 15 is 0 Å². The summed E-state index contributed by atoms with van der Waals surface area (Å²) < 4.78 is 11.3. The zero-order valence-corrected chi connectivity index (χ0v) is 9.29. The number of furan rings is 1. The summed E-state index contributed by atoms with van der Waals surface area (Å²) in [6.07, 6.45) is 5.44. The van der Waals surface area contributed by atoms with Crippen molar-refractivity contribution in [3.63, 3.8) is 0 Å². The number of ether oxygens (including phenoxy) is 1. The van der Waals surface area contributed by atoms with Crippen LogP contribution in [-0.2, 0) is 17.9 Å². The molecule has 1 saturated carbocycles. The second-order valence-electron chi connectivity index (χ2n) is 4.24. The van der Waals surface area contributed by atoms with Gasteiger partial charge in [0.2, 0.25) is 0 Å². The minimum Gasteiger partial charge on any atom is -0.462 e. The Morgan fingerprint density at radius 2 is 2.20 bits per heavy atom. The largest absolute Gasteiger partial charge is 0.462 e. The third kappa shape index (κ3) is 2.61. The Morgan fingerprint density at radius 3 is 2.80 bits per heavy atom. The van der Waals surface area contributed by atoms with Crippen LogP contribution in [0.3, 0.4) is 0 Å². The highest BCUT2D eigenvalue weighted by Gasteiger charge is 2.16. The smallest absolute Gasteiger partial charge is 0.130 e. The zero-order valence-electron chi connectivity index (χ0n) is 9.29. The van der Waals surface area contributed by atoms with Crippen LogP contribution >= 0.6 is 0 Å². The molecule has 3 nitrogen and oxygen atoms in total. The molecule has 0 bridgehead atoms. The lowest BCUT2D eigenvalue weighted by Crippen LogP contribution is -2.06. The van der Waals surface area contributed by atoms with E-state index in [0.717, 1.165) is 17.1 Å². The molecule has 0 aromatic carbocycles. The van der Waals surface area contributed by atoms with E-state index in [1.807, 2.05) is 13.0 Å². The minimum absolute atomic E-state index is 0.441. The number of nitrogens with two attached hydrogens (primary N) is 1. The number of rotatable bonds is 4. The van der Waals surface area contributed by atoms with Crippen LogP contribution in [0, 0.1) is 6.92 Å². The van der Waals surface area contributed by atoms with E-state index in [4.69, 9.17) is 14.9 Å². The molecule has 0 radical (unpaired) electrons. The Labute approximate surface area is 90.6 Å². The highest BCUT2D eigenvalue weighted by molar-refractivity contribution is 5.19. The average Bonchev–Trinajstić information content (AvgIpc) is 2.83. The number of hydrogen-bond donors (Lipinski definition) is 1. The van der Waals surface area contributed by atoms with Crippen molar-refractivity contribution in [1.82, 2.24) is 0 Å². The molecule has 1 aliphatic carbocycles. The summed E-state index contributed by atoms with van der Waals surface area (Å²) >= 11 is 0.